The van der Waals surface area contributed by atoms with Crippen LogP contribution in [0.25, 0.3) is 0 Å². The summed E-state index contributed by atoms with van der Waals surface area (Å²) in [5.74, 6) is 5.34. The predicted molar refractivity (Wildman–Crippen MR) is 52.6 cm³/mol. The number of hydrogen-bond acceptors (Lipinski definition) is 2. The van der Waals surface area contributed by atoms with Crippen LogP contribution in [-0.4, -0.2) is 36.8 Å². The fourth-order valence-corrected chi connectivity index (χ4v) is 0.217. The molecule has 0 bridgehead atoms. The summed E-state index contributed by atoms with van der Waals surface area (Å²) in [4.78, 5) is 0. The van der Waals surface area contributed by atoms with Crippen molar-refractivity contribution in [1.82, 2.24) is 5.43 Å². The molecule has 0 spiro atoms. The number of hydrazine groups is 1. The van der Waals surface area contributed by atoms with E-state index in [9.17, 15) is 0 Å². The number of hydrogen-bond donors (Lipinski definition) is 2. The Labute approximate surface area is 60.9 Å². The Balaban J connectivity index is 4.14. The highest BCUT2D eigenvalue weighted by atomic mass is 15.2. The average Bonchev–Trinajstić information content (AvgIpc) is 1.64. The summed E-state index contributed by atoms with van der Waals surface area (Å²) >= 11 is 0. The zero-order valence-corrected chi connectivity index (χ0v) is 7.08. The van der Waals surface area contributed by atoms with E-state index in [1.54, 1.807) is 0 Å². The van der Waals surface area contributed by atoms with Crippen LogP contribution < -0.4 is 11.3 Å². The predicted octanol–water partition coefficient (Wildman–Crippen LogP) is -4.23. The maximum absolute atomic E-state index is 5.34. The number of nitrogens with one attached hydrogen (secondary N) is 1. The van der Waals surface area contributed by atoms with Crippen LogP contribution >= 0.6 is 0 Å². The smallest absolute Gasteiger partial charge is 0.127 e. The van der Waals surface area contributed by atoms with Crippen LogP contribution in [0.2, 0.25) is 5.11 Å². The first-order valence-electron chi connectivity index (χ1n) is 3.29. The van der Waals surface area contributed by atoms with E-state index in [4.69, 9.17) is 5.84 Å². The van der Waals surface area contributed by atoms with Crippen molar-refractivity contribution in [2.45, 2.75) is 17.5 Å². The summed E-state index contributed by atoms with van der Waals surface area (Å²) in [5.41, 5.74) is 2.79. The van der Waals surface area contributed by atoms with E-state index >= 15 is 0 Å². The summed E-state index contributed by atoms with van der Waals surface area (Å²) < 4.78 is 0. The van der Waals surface area contributed by atoms with Crippen LogP contribution in [0.3, 0.4) is 0 Å². The summed E-state index contributed by atoms with van der Waals surface area (Å²) in [7, 11) is 8.57. The number of nitrogens with two attached hydrogens (primary N) is 1. The Bertz CT molecular complexity index is 96.5. The third-order valence-electron chi connectivity index (χ3n) is 2.24. The molecule has 48 valence electrons. The van der Waals surface area contributed by atoms with Crippen molar-refractivity contribution >= 4 is 31.4 Å². The van der Waals surface area contributed by atoms with Crippen molar-refractivity contribution in [2.24, 2.45) is 5.84 Å². The first-order valence-corrected chi connectivity index (χ1v) is 3.29. The molecule has 2 nitrogen and oxygen atoms in total. The maximum atomic E-state index is 5.34. The second-order valence-corrected chi connectivity index (χ2v) is 4.02. The topological polar surface area (TPSA) is 38.0 Å². The summed E-state index contributed by atoms with van der Waals surface area (Å²) in [6.07, 6.45) is 0. The minimum Gasteiger partial charge on any atom is -0.272 e. The Hall–Kier alpha value is 0.180. The lowest BCUT2D eigenvalue weighted by molar-refractivity contribution is 0.508. The van der Waals surface area contributed by atoms with Gasteiger partial charge in [-0.15, -0.1) is 0 Å². The Morgan fingerprint density at radius 3 is 1.56 bits per heavy atom. The van der Waals surface area contributed by atoms with Crippen molar-refractivity contribution in [3.63, 3.8) is 0 Å². The van der Waals surface area contributed by atoms with Gasteiger partial charge in [-0.2, -0.15) is 0 Å². The van der Waals surface area contributed by atoms with Gasteiger partial charge in [0.05, 0.1) is 23.5 Å². The van der Waals surface area contributed by atoms with Gasteiger partial charge in [0, 0.05) is 0 Å². The van der Waals surface area contributed by atoms with Crippen LogP contribution in [0.15, 0.2) is 0 Å². The molecule has 0 saturated carbocycles. The summed E-state index contributed by atoms with van der Waals surface area (Å²) in [5, 5.41) is 0.210. The molecule has 3 N–H and O–H groups in total. The van der Waals surface area contributed by atoms with Crippen LogP contribution in [0.1, 0.15) is 6.92 Å². The van der Waals surface area contributed by atoms with Gasteiger partial charge in [-0.05, 0) is 5.44 Å². The lowest BCUT2D eigenvalue weighted by atomic mass is 9.31. The van der Waals surface area contributed by atoms with Gasteiger partial charge in [-0.1, -0.05) is 12.0 Å². The van der Waals surface area contributed by atoms with Crippen molar-refractivity contribution in [3.8, 4) is 0 Å². The Morgan fingerprint density at radius 1 is 1.22 bits per heavy atom. The fourth-order valence-electron chi connectivity index (χ4n) is 0.217. The third-order valence-corrected chi connectivity index (χ3v) is 2.24. The molecule has 0 aliphatic carbocycles. The molecule has 0 aromatic carbocycles. The highest BCUT2D eigenvalue weighted by Crippen LogP contribution is 2.22. The van der Waals surface area contributed by atoms with Gasteiger partial charge < -0.3 is 0 Å². The highest BCUT2D eigenvalue weighted by Gasteiger charge is 2.30. The molecule has 0 amide bonds. The molecule has 0 aromatic heterocycles. The first kappa shape index (κ1) is 9.18. The zero-order chi connectivity index (χ0) is 7.71. The van der Waals surface area contributed by atoms with Crippen molar-refractivity contribution in [2.75, 3.05) is 0 Å². The van der Waals surface area contributed by atoms with Crippen LogP contribution in [0, 0.1) is 0 Å². The second-order valence-electron chi connectivity index (χ2n) is 4.02. The fraction of sp³-hybridized carbons (Fsp3) is 1.00. The van der Waals surface area contributed by atoms with Crippen LogP contribution in [-0.2, 0) is 0 Å². The molecule has 9 heavy (non-hydrogen) atoms. The standard InChI is InChI=1S/C3H14B4N2/c1-2(4,9-8)3(5,6)7/h9H,4-8H2,1H3. The lowest BCUT2D eigenvalue weighted by Gasteiger charge is -2.38. The second kappa shape index (κ2) is 2.43. The number of rotatable bonds is 2. The van der Waals surface area contributed by atoms with Gasteiger partial charge in [-0.3, -0.25) is 11.3 Å². The quantitative estimate of drug-likeness (QED) is 0.221. The lowest BCUT2D eigenvalue weighted by Crippen LogP contribution is -2.57. The van der Waals surface area contributed by atoms with Crippen LogP contribution in [0.4, 0.5) is 0 Å². The molecule has 0 aliphatic heterocycles. The van der Waals surface area contributed by atoms with Crippen molar-refractivity contribution in [1.29, 1.82) is 0 Å². The van der Waals surface area contributed by atoms with E-state index in [1.165, 1.54) is 0 Å². The third kappa shape index (κ3) is 2.11. The molecule has 0 aliphatic rings. The minimum atomic E-state index is 0.00694. The highest BCUT2D eigenvalue weighted by molar-refractivity contribution is 6.62. The van der Waals surface area contributed by atoms with Crippen LogP contribution in [0.5, 0.6) is 0 Å². The van der Waals surface area contributed by atoms with Gasteiger partial charge >= 0.3 is 0 Å². The Kier molecular flexibility index (Phi) is 2.48. The molecular weight excluding hydrogens is 107 g/mol. The summed E-state index contributed by atoms with van der Waals surface area (Å²) in [6.45, 7) is 2.09. The monoisotopic (exact) mass is 122 g/mol. The van der Waals surface area contributed by atoms with E-state index in [-0.39, 0.29) is 10.6 Å². The maximum Gasteiger partial charge on any atom is 0.127 e. The van der Waals surface area contributed by atoms with Crippen molar-refractivity contribution < 1.29 is 0 Å². The first-order chi connectivity index (χ1) is 3.81. The van der Waals surface area contributed by atoms with Gasteiger partial charge in [0.2, 0.25) is 0 Å². The largest absolute Gasteiger partial charge is 0.272 e. The van der Waals surface area contributed by atoms with Crippen molar-refractivity contribution in [3.05, 3.63) is 0 Å². The van der Waals surface area contributed by atoms with Gasteiger partial charge in [0.15, 0.2) is 0 Å². The Morgan fingerprint density at radius 2 is 1.56 bits per heavy atom. The van der Waals surface area contributed by atoms with E-state index in [0.717, 1.165) is 0 Å². The summed E-state index contributed by atoms with van der Waals surface area (Å²) in [6, 6.07) is 0. The normalized spacial score (nSPS) is 18.9. The van der Waals surface area contributed by atoms with E-state index in [2.05, 4.69) is 43.7 Å². The van der Waals surface area contributed by atoms with E-state index in [1.807, 2.05) is 0 Å². The molecule has 0 rings (SSSR count). The van der Waals surface area contributed by atoms with Gasteiger partial charge in [0.25, 0.3) is 0 Å². The molecule has 0 aromatic rings. The molecule has 0 fully saturated rings. The van der Waals surface area contributed by atoms with E-state index in [0.29, 0.717) is 0 Å². The molecule has 1 atom stereocenters. The molecule has 0 radical (unpaired) electrons. The molecule has 6 heteroatoms. The van der Waals surface area contributed by atoms with Gasteiger partial charge in [0.1, 0.15) is 7.85 Å². The van der Waals surface area contributed by atoms with Gasteiger partial charge in [-0.25, -0.2) is 0 Å². The molecular formula is C3H14B4N2. The minimum absolute atomic E-state index is 0.00694. The van der Waals surface area contributed by atoms with E-state index < -0.39 is 0 Å². The molecule has 0 heterocycles. The average molecular weight is 121 g/mol. The zero-order valence-electron chi connectivity index (χ0n) is 7.08. The SMILES string of the molecule is BC(B)(B)C(B)(C)NN. The molecule has 1 unspecified atom stereocenters. The molecule has 0 saturated heterocycles.